The Morgan fingerprint density at radius 3 is 2.48 bits per heavy atom. The summed E-state index contributed by atoms with van der Waals surface area (Å²) < 4.78 is 3.79. The molecule has 6 rings (SSSR count). The normalized spacial score (nSPS) is 12.4. The third kappa shape index (κ3) is 3.86. The molecule has 0 amide bonds. The van der Waals surface area contributed by atoms with Crippen LogP contribution in [0.25, 0.3) is 39.4 Å². The number of rotatable bonds is 5. The van der Waals surface area contributed by atoms with Gasteiger partial charge >= 0.3 is 0 Å². The third-order valence-electron chi connectivity index (χ3n) is 4.94. The fraction of sp³-hybridized carbons (Fsp3) is 0. The van der Waals surface area contributed by atoms with Crippen molar-refractivity contribution in [2.75, 3.05) is 0 Å². The smallest absolute Gasteiger partial charge is 0.266 e. The van der Waals surface area contributed by atoms with E-state index in [1.807, 2.05) is 94.5 Å². The van der Waals surface area contributed by atoms with E-state index >= 15 is 0 Å². The van der Waals surface area contributed by atoms with Crippen molar-refractivity contribution < 1.29 is 0 Å². The van der Waals surface area contributed by atoms with Gasteiger partial charge in [0.25, 0.3) is 5.56 Å². The van der Waals surface area contributed by atoms with Crippen LogP contribution >= 0.6 is 34.0 Å². The van der Waals surface area contributed by atoms with Gasteiger partial charge in [0.05, 0.1) is 15.1 Å². The maximum Gasteiger partial charge on any atom is 0.291 e. The molecule has 0 radical (unpaired) electrons. The van der Waals surface area contributed by atoms with Crippen LogP contribution in [0.15, 0.2) is 76.3 Å². The molecule has 0 aliphatic heterocycles. The molecule has 0 spiro atoms. The lowest BCUT2D eigenvalue weighted by Gasteiger charge is -1.99. The first-order chi connectivity index (χ1) is 16.2. The van der Waals surface area contributed by atoms with E-state index in [-0.39, 0.29) is 5.56 Å². The third-order valence-corrected chi connectivity index (χ3v) is 7.62. The van der Waals surface area contributed by atoms with Crippen molar-refractivity contribution in [2.45, 2.75) is 0 Å². The molecule has 0 bridgehead atoms. The standard InChI is InChI=1S/C24H15N5OS3/c30-23-20(33-24-25-21(26-29(23)24)11-10-18-8-4-12-31-18)14-16-15-28(17-6-2-1-3-7-17)27-22(16)19-9-5-13-32-19/h1-15H. The number of para-hydroxylation sites is 1. The largest absolute Gasteiger partial charge is 0.291 e. The van der Waals surface area contributed by atoms with Gasteiger partial charge in [-0.15, -0.1) is 27.8 Å². The zero-order chi connectivity index (χ0) is 22.2. The second-order valence-electron chi connectivity index (χ2n) is 7.12. The van der Waals surface area contributed by atoms with Gasteiger partial charge in [0.1, 0.15) is 5.69 Å². The highest BCUT2D eigenvalue weighted by Crippen LogP contribution is 2.28. The number of hydrogen-bond donors (Lipinski definition) is 0. The van der Waals surface area contributed by atoms with Crippen LogP contribution in [0.1, 0.15) is 16.3 Å². The van der Waals surface area contributed by atoms with Crippen molar-refractivity contribution in [2.24, 2.45) is 0 Å². The first kappa shape index (κ1) is 20.0. The maximum absolute atomic E-state index is 13.0. The molecule has 0 N–H and O–H groups in total. The fourth-order valence-electron chi connectivity index (χ4n) is 3.41. The molecule has 0 atom stereocenters. The molecule has 33 heavy (non-hydrogen) atoms. The van der Waals surface area contributed by atoms with Gasteiger partial charge in [0.2, 0.25) is 4.96 Å². The predicted molar refractivity (Wildman–Crippen MR) is 136 cm³/mol. The van der Waals surface area contributed by atoms with E-state index in [9.17, 15) is 4.79 Å². The number of hydrogen-bond acceptors (Lipinski definition) is 7. The molecule has 1 aromatic carbocycles. The lowest BCUT2D eigenvalue weighted by Crippen LogP contribution is -2.23. The van der Waals surface area contributed by atoms with Gasteiger partial charge in [-0.05, 0) is 53.3 Å². The number of nitrogens with zero attached hydrogens (tertiary/aromatic N) is 5. The van der Waals surface area contributed by atoms with Crippen LogP contribution in [-0.4, -0.2) is 24.4 Å². The van der Waals surface area contributed by atoms with E-state index in [0.717, 1.165) is 26.7 Å². The summed E-state index contributed by atoms with van der Waals surface area (Å²) in [6, 6.07) is 18.0. The Labute approximate surface area is 200 Å². The molecular weight excluding hydrogens is 470 g/mol. The molecular formula is C24H15N5OS3. The zero-order valence-corrected chi connectivity index (χ0v) is 19.5. The molecule has 6 aromatic rings. The second-order valence-corrected chi connectivity index (χ2v) is 10.1. The van der Waals surface area contributed by atoms with Crippen molar-refractivity contribution in [3.63, 3.8) is 0 Å². The quantitative estimate of drug-likeness (QED) is 0.350. The van der Waals surface area contributed by atoms with Gasteiger partial charge in [0.15, 0.2) is 5.82 Å². The van der Waals surface area contributed by atoms with Crippen molar-refractivity contribution >= 4 is 57.2 Å². The van der Waals surface area contributed by atoms with E-state index in [1.54, 1.807) is 22.7 Å². The van der Waals surface area contributed by atoms with E-state index in [4.69, 9.17) is 5.10 Å². The fourth-order valence-corrected chi connectivity index (χ4v) is 5.67. The van der Waals surface area contributed by atoms with Crippen molar-refractivity contribution in [1.29, 1.82) is 0 Å². The number of aromatic nitrogens is 5. The number of benzene rings is 1. The van der Waals surface area contributed by atoms with Crippen molar-refractivity contribution in [3.8, 4) is 16.3 Å². The average molecular weight is 486 g/mol. The van der Waals surface area contributed by atoms with E-state index < -0.39 is 0 Å². The Balaban J connectivity index is 1.43. The van der Waals surface area contributed by atoms with Crippen molar-refractivity contribution in [1.82, 2.24) is 24.4 Å². The predicted octanol–water partition coefficient (Wildman–Crippen LogP) is 4.84. The van der Waals surface area contributed by atoms with Gasteiger partial charge in [0, 0.05) is 16.6 Å². The minimum atomic E-state index is -0.178. The molecule has 160 valence electrons. The molecule has 5 aromatic heterocycles. The topological polar surface area (TPSA) is 65.1 Å². The van der Waals surface area contributed by atoms with Gasteiger partial charge in [-0.3, -0.25) is 4.79 Å². The SMILES string of the molecule is O=c1c(=Cc2cn(-c3ccccc3)nc2-c2cccs2)sc2nc(C=Cc3cccs3)nn12. The Hall–Kier alpha value is -3.66. The van der Waals surface area contributed by atoms with Crippen LogP contribution in [0, 0.1) is 0 Å². The van der Waals surface area contributed by atoms with Gasteiger partial charge in [-0.2, -0.15) is 14.6 Å². The zero-order valence-electron chi connectivity index (χ0n) is 17.0. The van der Waals surface area contributed by atoms with Crippen LogP contribution < -0.4 is 10.1 Å². The van der Waals surface area contributed by atoms with Crippen LogP contribution in [0.4, 0.5) is 0 Å². The summed E-state index contributed by atoms with van der Waals surface area (Å²) in [7, 11) is 0. The molecule has 0 unspecified atom stereocenters. The maximum atomic E-state index is 13.0. The first-order valence-electron chi connectivity index (χ1n) is 10.1. The number of thiazole rings is 1. The summed E-state index contributed by atoms with van der Waals surface area (Å²) in [6.07, 6.45) is 7.61. The van der Waals surface area contributed by atoms with Crippen LogP contribution in [0.3, 0.4) is 0 Å². The molecule has 5 heterocycles. The van der Waals surface area contributed by atoms with E-state index in [0.29, 0.717) is 15.3 Å². The lowest BCUT2D eigenvalue weighted by atomic mass is 10.2. The van der Waals surface area contributed by atoms with E-state index in [2.05, 4.69) is 10.1 Å². The molecule has 0 fully saturated rings. The minimum Gasteiger partial charge on any atom is -0.266 e. The first-order valence-corrected chi connectivity index (χ1v) is 12.6. The van der Waals surface area contributed by atoms with E-state index in [1.165, 1.54) is 15.9 Å². The van der Waals surface area contributed by atoms with Gasteiger partial charge < -0.3 is 0 Å². The molecule has 0 saturated carbocycles. The van der Waals surface area contributed by atoms with Gasteiger partial charge in [-0.25, -0.2) is 4.68 Å². The van der Waals surface area contributed by atoms with Crippen LogP contribution in [0.5, 0.6) is 0 Å². The Morgan fingerprint density at radius 1 is 0.879 bits per heavy atom. The number of fused-ring (bicyclic) bond motifs is 1. The summed E-state index contributed by atoms with van der Waals surface area (Å²) in [5.41, 5.74) is 2.50. The Kier molecular flexibility index (Phi) is 5.06. The Bertz CT molecular complexity index is 1670. The molecule has 6 nitrogen and oxygen atoms in total. The Morgan fingerprint density at radius 2 is 1.73 bits per heavy atom. The molecule has 0 aliphatic rings. The van der Waals surface area contributed by atoms with Crippen LogP contribution in [0.2, 0.25) is 0 Å². The summed E-state index contributed by atoms with van der Waals surface area (Å²) in [5, 5.41) is 13.2. The monoisotopic (exact) mass is 485 g/mol. The minimum absolute atomic E-state index is 0.178. The number of thiophene rings is 2. The van der Waals surface area contributed by atoms with Crippen LogP contribution in [-0.2, 0) is 0 Å². The van der Waals surface area contributed by atoms with Crippen molar-refractivity contribution in [3.05, 3.63) is 103 Å². The molecule has 9 heteroatoms. The summed E-state index contributed by atoms with van der Waals surface area (Å²) in [6.45, 7) is 0. The average Bonchev–Trinajstić information content (AvgIpc) is 3.65. The summed E-state index contributed by atoms with van der Waals surface area (Å²) >= 11 is 4.59. The van der Waals surface area contributed by atoms with Gasteiger partial charge in [-0.1, -0.05) is 41.7 Å². The highest BCUT2D eigenvalue weighted by molar-refractivity contribution is 7.15. The summed E-state index contributed by atoms with van der Waals surface area (Å²) in [5.74, 6) is 0.523. The molecule has 0 saturated heterocycles. The lowest BCUT2D eigenvalue weighted by molar-refractivity contribution is 0.885. The highest BCUT2D eigenvalue weighted by Gasteiger charge is 2.14. The summed E-state index contributed by atoms with van der Waals surface area (Å²) in [4.78, 5) is 20.3. The highest BCUT2D eigenvalue weighted by atomic mass is 32.1. The second kappa shape index (κ2) is 8.36. The molecule has 0 aliphatic carbocycles.